The average Bonchev–Trinajstić information content (AvgIpc) is 2.98. The molecule has 3 aromatic rings. The molecule has 1 N–H and O–H groups in total. The van der Waals surface area contributed by atoms with E-state index in [0.717, 1.165) is 17.0 Å². The zero-order valence-corrected chi connectivity index (χ0v) is 14.5. The summed E-state index contributed by atoms with van der Waals surface area (Å²) in [7, 11) is 3.04. The average molecular weight is 384 g/mol. The van der Waals surface area contributed by atoms with Crippen molar-refractivity contribution in [2.75, 3.05) is 0 Å². The van der Waals surface area contributed by atoms with Crippen molar-refractivity contribution in [3.63, 3.8) is 0 Å². The first kappa shape index (κ1) is 18.8. The SMILES string of the molecule is Cn1cnc2c1c(=O)n(Cc1cnc(C(C)(O)C(F)(F)F)cn1)c(=O)n2C. The van der Waals surface area contributed by atoms with Crippen molar-refractivity contribution in [1.29, 1.82) is 0 Å². The molecule has 3 aromatic heterocycles. The van der Waals surface area contributed by atoms with Crippen LogP contribution in [0, 0.1) is 0 Å². The van der Waals surface area contributed by atoms with E-state index in [4.69, 9.17) is 0 Å². The van der Waals surface area contributed by atoms with Crippen molar-refractivity contribution < 1.29 is 18.3 Å². The summed E-state index contributed by atoms with van der Waals surface area (Å²) in [5.41, 5.74) is -4.63. The predicted molar refractivity (Wildman–Crippen MR) is 87.0 cm³/mol. The highest BCUT2D eigenvalue weighted by atomic mass is 19.4. The van der Waals surface area contributed by atoms with Crippen LogP contribution in [0.2, 0.25) is 0 Å². The van der Waals surface area contributed by atoms with E-state index in [1.54, 1.807) is 7.05 Å². The number of fused-ring (bicyclic) bond motifs is 1. The van der Waals surface area contributed by atoms with Crippen LogP contribution in [0.4, 0.5) is 13.2 Å². The Hall–Kier alpha value is -3.02. The molecule has 1 unspecified atom stereocenters. The summed E-state index contributed by atoms with van der Waals surface area (Å²) in [5, 5.41) is 9.61. The van der Waals surface area contributed by atoms with Gasteiger partial charge >= 0.3 is 11.9 Å². The fourth-order valence-corrected chi connectivity index (χ4v) is 2.53. The lowest BCUT2D eigenvalue weighted by molar-refractivity contribution is -0.260. The van der Waals surface area contributed by atoms with Crippen molar-refractivity contribution in [3.05, 3.63) is 50.9 Å². The molecule has 0 radical (unpaired) electrons. The number of imidazole rings is 1. The third-order valence-corrected chi connectivity index (χ3v) is 4.28. The van der Waals surface area contributed by atoms with E-state index >= 15 is 0 Å². The zero-order chi connectivity index (χ0) is 20.1. The Morgan fingerprint density at radius 3 is 2.33 bits per heavy atom. The molecule has 0 fully saturated rings. The molecular formula is C15H15F3N6O3. The van der Waals surface area contributed by atoms with E-state index in [1.807, 2.05) is 0 Å². The van der Waals surface area contributed by atoms with Gasteiger partial charge in [0.2, 0.25) is 5.60 Å². The molecule has 27 heavy (non-hydrogen) atoms. The topological polar surface area (TPSA) is 108 Å². The van der Waals surface area contributed by atoms with E-state index in [9.17, 15) is 27.9 Å². The molecule has 0 aromatic carbocycles. The van der Waals surface area contributed by atoms with Crippen molar-refractivity contribution in [2.45, 2.75) is 25.2 Å². The summed E-state index contributed by atoms with van der Waals surface area (Å²) in [5.74, 6) is 0. The molecule has 3 heterocycles. The lowest BCUT2D eigenvalue weighted by Gasteiger charge is -2.25. The Labute approximate surface area is 149 Å². The fourth-order valence-electron chi connectivity index (χ4n) is 2.53. The van der Waals surface area contributed by atoms with E-state index in [0.29, 0.717) is 6.92 Å². The van der Waals surface area contributed by atoms with Gasteiger partial charge in [0, 0.05) is 14.1 Å². The monoisotopic (exact) mass is 384 g/mol. The first-order chi connectivity index (χ1) is 12.4. The minimum Gasteiger partial charge on any atom is -0.375 e. The second-order valence-electron chi connectivity index (χ2n) is 6.22. The van der Waals surface area contributed by atoms with Gasteiger partial charge in [-0.1, -0.05) is 0 Å². The quantitative estimate of drug-likeness (QED) is 0.683. The molecule has 1 atom stereocenters. The lowest BCUT2D eigenvalue weighted by atomic mass is 10.0. The van der Waals surface area contributed by atoms with Crippen molar-refractivity contribution in [2.24, 2.45) is 14.1 Å². The standard InChI is InChI=1S/C15H15F3N6O3/c1-14(27,15(16,17)18)9-5-19-8(4-20-9)6-24-12(25)10-11(21-7-22(10)2)23(3)13(24)26/h4-5,7,27H,6H2,1-3H3. The first-order valence-electron chi connectivity index (χ1n) is 7.66. The van der Waals surface area contributed by atoms with Gasteiger partial charge in [-0.25, -0.2) is 9.78 Å². The molecule has 0 saturated carbocycles. The number of aliphatic hydroxyl groups is 1. The van der Waals surface area contributed by atoms with Crippen LogP contribution in [0.5, 0.6) is 0 Å². The first-order valence-corrected chi connectivity index (χ1v) is 7.66. The van der Waals surface area contributed by atoms with Crippen LogP contribution < -0.4 is 11.2 Å². The molecule has 0 aliphatic rings. The van der Waals surface area contributed by atoms with Crippen LogP contribution in [-0.4, -0.2) is 39.9 Å². The van der Waals surface area contributed by atoms with E-state index in [1.165, 1.54) is 22.5 Å². The summed E-state index contributed by atoms with van der Waals surface area (Å²) >= 11 is 0. The molecule has 144 valence electrons. The van der Waals surface area contributed by atoms with Crippen LogP contribution in [0.3, 0.4) is 0 Å². The Kier molecular flexibility index (Phi) is 4.18. The third kappa shape index (κ3) is 2.91. The van der Waals surface area contributed by atoms with Crippen molar-refractivity contribution >= 4 is 11.2 Å². The smallest absolute Gasteiger partial charge is 0.375 e. The molecule has 9 nitrogen and oxygen atoms in total. The molecule has 0 amide bonds. The van der Waals surface area contributed by atoms with E-state index in [2.05, 4.69) is 15.0 Å². The van der Waals surface area contributed by atoms with E-state index < -0.39 is 28.7 Å². The third-order valence-electron chi connectivity index (χ3n) is 4.28. The Bertz CT molecular complexity index is 1130. The highest BCUT2D eigenvalue weighted by Gasteiger charge is 2.52. The van der Waals surface area contributed by atoms with Crippen LogP contribution in [0.25, 0.3) is 11.2 Å². The molecule has 0 aliphatic heterocycles. The number of aryl methyl sites for hydroxylation is 2. The molecular weight excluding hydrogens is 369 g/mol. The lowest BCUT2D eigenvalue weighted by Crippen LogP contribution is -2.41. The summed E-state index contributed by atoms with van der Waals surface area (Å²) in [6, 6.07) is 0. The van der Waals surface area contributed by atoms with Crippen LogP contribution in [0.1, 0.15) is 18.3 Å². The van der Waals surface area contributed by atoms with Crippen LogP contribution in [0.15, 0.2) is 28.3 Å². The summed E-state index contributed by atoms with van der Waals surface area (Å²) in [6.07, 6.45) is -1.79. The number of aromatic nitrogens is 6. The maximum Gasteiger partial charge on any atom is 0.422 e. The number of rotatable bonds is 3. The van der Waals surface area contributed by atoms with Gasteiger partial charge in [-0.05, 0) is 6.92 Å². The number of hydrogen-bond donors (Lipinski definition) is 1. The number of halogens is 3. The number of alkyl halides is 3. The van der Waals surface area contributed by atoms with Crippen LogP contribution in [-0.2, 0) is 26.2 Å². The van der Waals surface area contributed by atoms with Crippen molar-refractivity contribution in [1.82, 2.24) is 28.7 Å². The summed E-state index contributed by atoms with van der Waals surface area (Å²) < 4.78 is 42.1. The van der Waals surface area contributed by atoms with Gasteiger partial charge in [0.1, 0.15) is 0 Å². The minimum atomic E-state index is -4.93. The largest absolute Gasteiger partial charge is 0.422 e. The van der Waals surface area contributed by atoms with Gasteiger partial charge < -0.3 is 9.67 Å². The number of hydrogen-bond acceptors (Lipinski definition) is 6. The fraction of sp³-hybridized carbons (Fsp3) is 0.400. The molecule has 12 heteroatoms. The zero-order valence-electron chi connectivity index (χ0n) is 14.5. The van der Waals surface area contributed by atoms with Gasteiger partial charge in [0.25, 0.3) is 5.56 Å². The maximum atomic E-state index is 12.9. The highest BCUT2D eigenvalue weighted by molar-refractivity contribution is 5.69. The Morgan fingerprint density at radius 1 is 1.11 bits per heavy atom. The summed E-state index contributed by atoms with van der Waals surface area (Å²) in [6.45, 7) is 0.265. The second kappa shape index (κ2) is 6.01. The molecule has 3 rings (SSSR count). The normalized spacial score (nSPS) is 14.5. The Morgan fingerprint density at radius 2 is 1.78 bits per heavy atom. The Balaban J connectivity index is 2.03. The molecule has 0 spiro atoms. The molecule has 0 aliphatic carbocycles. The van der Waals surface area contributed by atoms with Gasteiger partial charge in [-0.3, -0.25) is 23.9 Å². The second-order valence-corrected chi connectivity index (χ2v) is 6.22. The molecule has 0 bridgehead atoms. The summed E-state index contributed by atoms with van der Waals surface area (Å²) in [4.78, 5) is 36.4. The number of nitrogens with zero attached hydrogens (tertiary/aromatic N) is 6. The van der Waals surface area contributed by atoms with Gasteiger partial charge in [-0.2, -0.15) is 13.2 Å². The molecule has 0 saturated heterocycles. The maximum absolute atomic E-state index is 12.9. The van der Waals surface area contributed by atoms with Crippen molar-refractivity contribution in [3.8, 4) is 0 Å². The highest BCUT2D eigenvalue weighted by Crippen LogP contribution is 2.37. The van der Waals surface area contributed by atoms with Gasteiger partial charge in [0.15, 0.2) is 11.2 Å². The van der Waals surface area contributed by atoms with Gasteiger partial charge in [-0.15, -0.1) is 0 Å². The van der Waals surface area contributed by atoms with E-state index in [-0.39, 0.29) is 23.4 Å². The predicted octanol–water partition coefficient (Wildman–Crippen LogP) is 0.0418. The minimum absolute atomic E-state index is 0.0810. The van der Waals surface area contributed by atoms with Crippen LogP contribution >= 0.6 is 0 Å². The van der Waals surface area contributed by atoms with Gasteiger partial charge in [0.05, 0.1) is 36.7 Å².